The Balaban J connectivity index is 1.36. The lowest BCUT2D eigenvalue weighted by Gasteiger charge is -2.63. The first-order chi connectivity index (χ1) is 21.3. The molecule has 1 saturated carbocycles. The van der Waals surface area contributed by atoms with Gasteiger partial charge >= 0.3 is 12.1 Å². The highest BCUT2D eigenvalue weighted by atomic mass is 19.4. The van der Waals surface area contributed by atoms with Gasteiger partial charge in [0.15, 0.2) is 11.5 Å². The summed E-state index contributed by atoms with van der Waals surface area (Å²) >= 11 is 0. The van der Waals surface area contributed by atoms with E-state index in [1.165, 1.54) is 25.1 Å². The summed E-state index contributed by atoms with van der Waals surface area (Å²) in [6.45, 7) is 12.5. The number of esters is 1. The van der Waals surface area contributed by atoms with Crippen molar-refractivity contribution in [3.05, 3.63) is 65.2 Å². The van der Waals surface area contributed by atoms with Crippen molar-refractivity contribution < 1.29 is 41.8 Å². The second-order valence-electron chi connectivity index (χ2n) is 13.3. The van der Waals surface area contributed by atoms with E-state index in [9.17, 15) is 27.9 Å². The number of rotatable bonds is 6. The average molecular weight is 624 g/mol. The predicted octanol–water partition coefficient (Wildman–Crippen LogP) is 5.27. The molecular formula is C35H38F3N2O5+. The van der Waals surface area contributed by atoms with Gasteiger partial charge in [-0.25, -0.2) is 0 Å². The van der Waals surface area contributed by atoms with Crippen molar-refractivity contribution in [2.45, 2.75) is 76.2 Å². The Kier molecular flexibility index (Phi) is 7.67. The van der Waals surface area contributed by atoms with Gasteiger partial charge in [0.1, 0.15) is 11.9 Å². The fourth-order valence-corrected chi connectivity index (χ4v) is 8.92. The molecule has 2 aromatic carbocycles. The van der Waals surface area contributed by atoms with Gasteiger partial charge in [0, 0.05) is 60.3 Å². The molecule has 1 amide bonds. The molecule has 45 heavy (non-hydrogen) atoms. The van der Waals surface area contributed by atoms with E-state index in [2.05, 4.69) is 37.6 Å². The first-order valence-corrected chi connectivity index (χ1v) is 15.5. The van der Waals surface area contributed by atoms with E-state index in [0.717, 1.165) is 60.2 Å². The number of quaternary nitrogens is 1. The summed E-state index contributed by atoms with van der Waals surface area (Å²) in [5, 5.41) is 14.4. The summed E-state index contributed by atoms with van der Waals surface area (Å²) in [5.74, 6) is 5.46. The molecule has 2 fully saturated rings. The summed E-state index contributed by atoms with van der Waals surface area (Å²) in [5.41, 5.74) is 0.694. The van der Waals surface area contributed by atoms with Crippen LogP contribution in [0, 0.1) is 23.7 Å². The number of carbonyl (C=O) groups excluding carboxylic acids is 2. The van der Waals surface area contributed by atoms with Crippen molar-refractivity contribution >= 4 is 11.9 Å². The van der Waals surface area contributed by atoms with Crippen molar-refractivity contribution in [1.29, 1.82) is 0 Å². The number of likely N-dealkylation sites (tertiary alicyclic amines) is 1. The molecule has 2 heterocycles. The minimum Gasteiger partial charge on any atom is -0.508 e. The van der Waals surface area contributed by atoms with Crippen molar-refractivity contribution in [3.63, 3.8) is 0 Å². The van der Waals surface area contributed by atoms with Gasteiger partial charge in [0.05, 0.1) is 42.7 Å². The molecule has 2 aliphatic heterocycles. The van der Waals surface area contributed by atoms with Crippen LogP contribution in [0.4, 0.5) is 13.2 Å². The van der Waals surface area contributed by atoms with Gasteiger partial charge in [-0.3, -0.25) is 9.59 Å². The Morgan fingerprint density at radius 3 is 2.64 bits per heavy atom. The molecule has 6 atom stereocenters. The third-order valence-corrected chi connectivity index (χ3v) is 10.2. The molecule has 2 aliphatic carbocycles. The van der Waals surface area contributed by atoms with Gasteiger partial charge in [-0.05, 0) is 43.2 Å². The number of alkyl halides is 3. The smallest absolute Gasteiger partial charge is 0.416 e. The number of nitrogens with one attached hydrogen (secondary N) is 1. The molecule has 0 radical (unpaired) electrons. The van der Waals surface area contributed by atoms with E-state index < -0.39 is 41.2 Å². The third-order valence-electron chi connectivity index (χ3n) is 10.2. The highest BCUT2D eigenvalue weighted by Crippen LogP contribution is 2.66. The molecule has 10 heteroatoms. The topological polar surface area (TPSA) is 84.9 Å². The quantitative estimate of drug-likeness (QED) is 0.151. The summed E-state index contributed by atoms with van der Waals surface area (Å²) in [6.07, 6.45) is -0.0777. The summed E-state index contributed by atoms with van der Waals surface area (Å²) < 4.78 is 51.9. The lowest BCUT2D eigenvalue weighted by atomic mass is 9.50. The SMILES string of the molecule is C=CC[N+]1(CC(C)C)CC[C@]23c4c5c(O)cc(OC(C)=O)c4O[C@H]2[C@H](NC(=O)C#Cc2ccc(C(F)(F)F)cc2)CC[C@H]3[C@H]1C5. The van der Waals surface area contributed by atoms with Crippen LogP contribution in [0.25, 0.3) is 0 Å². The molecule has 0 aromatic heterocycles. The number of hydrogen-bond donors (Lipinski definition) is 2. The van der Waals surface area contributed by atoms with E-state index in [4.69, 9.17) is 9.47 Å². The van der Waals surface area contributed by atoms with Crippen LogP contribution in [-0.2, 0) is 27.6 Å². The number of halogens is 3. The van der Waals surface area contributed by atoms with Gasteiger partial charge in [-0.2, -0.15) is 13.2 Å². The molecule has 1 spiro atoms. The van der Waals surface area contributed by atoms with E-state index in [1.54, 1.807) is 0 Å². The monoisotopic (exact) mass is 623 g/mol. The zero-order chi connectivity index (χ0) is 32.3. The van der Waals surface area contributed by atoms with Crippen LogP contribution in [0.15, 0.2) is 43.0 Å². The largest absolute Gasteiger partial charge is 0.508 e. The van der Waals surface area contributed by atoms with Gasteiger partial charge in [0.25, 0.3) is 5.91 Å². The highest BCUT2D eigenvalue weighted by Gasteiger charge is 2.70. The molecule has 2 N–H and O–H groups in total. The van der Waals surface area contributed by atoms with E-state index in [1.807, 2.05) is 6.08 Å². The van der Waals surface area contributed by atoms with E-state index >= 15 is 0 Å². The predicted molar refractivity (Wildman–Crippen MR) is 160 cm³/mol. The van der Waals surface area contributed by atoms with Crippen molar-refractivity contribution in [3.8, 4) is 29.1 Å². The van der Waals surface area contributed by atoms with Crippen LogP contribution in [0.2, 0.25) is 0 Å². The average Bonchev–Trinajstić information content (AvgIpc) is 3.31. The molecule has 1 unspecified atom stereocenters. The third kappa shape index (κ3) is 5.15. The second kappa shape index (κ2) is 11.1. The Labute approximate surface area is 261 Å². The van der Waals surface area contributed by atoms with Gasteiger partial charge in [-0.1, -0.05) is 26.3 Å². The summed E-state index contributed by atoms with van der Waals surface area (Å²) in [4.78, 5) is 25.2. The zero-order valence-electron chi connectivity index (χ0n) is 25.7. The number of amides is 1. The number of phenols is 1. The maximum atomic E-state index is 13.1. The van der Waals surface area contributed by atoms with Crippen LogP contribution < -0.4 is 14.8 Å². The first-order valence-electron chi connectivity index (χ1n) is 15.5. The van der Waals surface area contributed by atoms with Crippen molar-refractivity contribution in [2.24, 2.45) is 11.8 Å². The van der Waals surface area contributed by atoms with Crippen LogP contribution in [0.5, 0.6) is 17.2 Å². The molecule has 6 rings (SSSR count). The van der Waals surface area contributed by atoms with Crippen LogP contribution >= 0.6 is 0 Å². The molecule has 2 bridgehead atoms. The van der Waals surface area contributed by atoms with Gasteiger partial charge in [0.2, 0.25) is 0 Å². The number of benzene rings is 2. The number of piperidine rings is 1. The van der Waals surface area contributed by atoms with Crippen LogP contribution in [0.1, 0.15) is 62.3 Å². The number of hydrogen-bond acceptors (Lipinski definition) is 5. The zero-order valence-corrected chi connectivity index (χ0v) is 25.7. The first kappa shape index (κ1) is 31.0. The fraction of sp³-hybridized carbons (Fsp3) is 0.486. The van der Waals surface area contributed by atoms with Crippen molar-refractivity contribution in [1.82, 2.24) is 5.32 Å². The Morgan fingerprint density at radius 2 is 2.00 bits per heavy atom. The molecule has 238 valence electrons. The maximum absolute atomic E-state index is 13.1. The molecular weight excluding hydrogens is 585 g/mol. The van der Waals surface area contributed by atoms with Crippen molar-refractivity contribution in [2.75, 3.05) is 19.6 Å². The Hall–Kier alpha value is -3.97. The number of ether oxygens (including phenoxy) is 2. The second-order valence-corrected chi connectivity index (χ2v) is 13.3. The summed E-state index contributed by atoms with van der Waals surface area (Å²) in [6, 6.07) is 5.59. The standard InChI is InChI=1S/C35H37F3N2O5/c1-5-15-40(19-20(2)3)16-14-34-25-11-12-26(39-30(43)13-8-22-6-9-23(10-7-22)35(36,37)38)33(34)45-32-29(44-21(4)41)18-28(42)24(31(32)34)17-27(25)40/h5-7,9-10,18,20,25-27,33H,1,11-12,14-17,19H2,2-4H3,(H-,39,42,43)/p+1/t25-,26+,27+,33-,34-,40?/m0/s1. The lowest BCUT2D eigenvalue weighted by Crippen LogP contribution is -2.74. The minimum atomic E-state index is -4.46. The van der Waals surface area contributed by atoms with Gasteiger partial charge in [-0.15, -0.1) is 0 Å². The number of aromatic hydroxyl groups is 1. The van der Waals surface area contributed by atoms with Crippen LogP contribution in [0.3, 0.4) is 0 Å². The van der Waals surface area contributed by atoms with Crippen LogP contribution in [-0.4, -0.2) is 59.3 Å². The van der Waals surface area contributed by atoms with E-state index in [0.29, 0.717) is 30.1 Å². The normalized spacial score (nSPS) is 29.1. The number of nitrogens with zero attached hydrogens (tertiary/aromatic N) is 1. The Bertz CT molecular complexity index is 1610. The minimum absolute atomic E-state index is 0.0776. The fourth-order valence-electron chi connectivity index (χ4n) is 8.92. The molecule has 2 aromatic rings. The highest BCUT2D eigenvalue weighted by molar-refractivity contribution is 5.94. The summed E-state index contributed by atoms with van der Waals surface area (Å²) in [7, 11) is 0. The number of phenolic OH excluding ortho intramolecular Hbond substituents is 1. The van der Waals surface area contributed by atoms with E-state index in [-0.39, 0.29) is 23.5 Å². The maximum Gasteiger partial charge on any atom is 0.416 e. The van der Waals surface area contributed by atoms with Gasteiger partial charge < -0.3 is 24.4 Å². The lowest BCUT2D eigenvalue weighted by molar-refractivity contribution is -0.960. The number of carbonyl (C=O) groups is 2. The Morgan fingerprint density at radius 1 is 1.27 bits per heavy atom. The molecule has 7 nitrogen and oxygen atoms in total. The molecule has 1 saturated heterocycles. The molecule has 4 aliphatic rings.